The molecule has 2 aromatic rings. The second-order valence-electron chi connectivity index (χ2n) is 4.09. The van der Waals surface area contributed by atoms with Gasteiger partial charge in [0.2, 0.25) is 5.82 Å². The maximum Gasteiger partial charge on any atom is 0.451 e. The van der Waals surface area contributed by atoms with Crippen LogP contribution >= 0.6 is 15.9 Å². The topological polar surface area (TPSA) is 37.8 Å². The van der Waals surface area contributed by atoms with Crippen molar-refractivity contribution in [3.63, 3.8) is 0 Å². The second-order valence-corrected chi connectivity index (χ2v) is 4.95. The van der Waals surface area contributed by atoms with Crippen molar-refractivity contribution in [1.82, 2.24) is 9.97 Å². The second kappa shape index (κ2) is 5.97. The predicted molar refractivity (Wildman–Crippen MR) is 74.3 cm³/mol. The first-order chi connectivity index (χ1) is 9.82. The van der Waals surface area contributed by atoms with Gasteiger partial charge in [0.15, 0.2) is 0 Å². The van der Waals surface area contributed by atoms with Crippen molar-refractivity contribution in [1.29, 1.82) is 0 Å². The fourth-order valence-corrected chi connectivity index (χ4v) is 2.05. The Morgan fingerprint density at radius 3 is 2.57 bits per heavy atom. The van der Waals surface area contributed by atoms with Crippen molar-refractivity contribution < 1.29 is 17.6 Å². The van der Waals surface area contributed by atoms with Crippen LogP contribution in [0.15, 0.2) is 28.7 Å². The fourth-order valence-electron chi connectivity index (χ4n) is 1.69. The molecule has 0 saturated heterocycles. The smallest absolute Gasteiger partial charge is 0.370 e. The van der Waals surface area contributed by atoms with Gasteiger partial charge in [-0.15, -0.1) is 0 Å². The van der Waals surface area contributed by atoms with Gasteiger partial charge in [-0.2, -0.15) is 13.2 Å². The number of hydrogen-bond acceptors (Lipinski definition) is 3. The molecule has 0 fully saturated rings. The molecule has 2 rings (SSSR count). The minimum Gasteiger partial charge on any atom is -0.370 e. The van der Waals surface area contributed by atoms with E-state index in [1.165, 1.54) is 24.3 Å². The largest absolute Gasteiger partial charge is 0.451 e. The quantitative estimate of drug-likeness (QED) is 0.816. The molecule has 3 nitrogen and oxygen atoms in total. The first-order valence-electron chi connectivity index (χ1n) is 5.97. The molecule has 1 N–H and O–H groups in total. The molecule has 1 aromatic heterocycles. The third-order valence-electron chi connectivity index (χ3n) is 2.57. The van der Waals surface area contributed by atoms with Gasteiger partial charge >= 0.3 is 6.18 Å². The number of hydrogen-bond donors (Lipinski definition) is 1. The van der Waals surface area contributed by atoms with Gasteiger partial charge in [0, 0.05) is 18.2 Å². The average Bonchev–Trinajstić information content (AvgIpc) is 2.41. The van der Waals surface area contributed by atoms with Crippen molar-refractivity contribution in [3.8, 4) is 11.3 Å². The molecule has 112 valence electrons. The van der Waals surface area contributed by atoms with Crippen LogP contribution in [0.3, 0.4) is 0 Å². The van der Waals surface area contributed by atoms with Crippen LogP contribution in [0.2, 0.25) is 0 Å². The van der Waals surface area contributed by atoms with E-state index in [4.69, 9.17) is 0 Å². The Bertz CT molecular complexity index is 658. The van der Waals surface area contributed by atoms with Crippen LogP contribution in [0, 0.1) is 5.82 Å². The Labute approximate surface area is 126 Å². The molecule has 8 heteroatoms. The molecule has 1 aromatic carbocycles. The molecule has 0 aliphatic carbocycles. The van der Waals surface area contributed by atoms with E-state index in [9.17, 15) is 17.6 Å². The lowest BCUT2D eigenvalue weighted by molar-refractivity contribution is -0.144. The lowest BCUT2D eigenvalue weighted by atomic mass is 10.1. The van der Waals surface area contributed by atoms with Crippen molar-refractivity contribution in [3.05, 3.63) is 40.4 Å². The van der Waals surface area contributed by atoms with Crippen molar-refractivity contribution in [2.24, 2.45) is 0 Å². The lowest BCUT2D eigenvalue weighted by Gasteiger charge is -2.11. The normalized spacial score (nSPS) is 11.5. The summed E-state index contributed by atoms with van der Waals surface area (Å²) in [6.07, 6.45) is -4.71. The number of nitrogens with zero attached hydrogens (tertiary/aromatic N) is 2. The van der Waals surface area contributed by atoms with Crippen LogP contribution in [-0.2, 0) is 6.18 Å². The summed E-state index contributed by atoms with van der Waals surface area (Å²) in [6.45, 7) is 2.10. The Balaban J connectivity index is 2.62. The van der Waals surface area contributed by atoms with E-state index >= 15 is 0 Å². The van der Waals surface area contributed by atoms with Crippen LogP contribution in [0.4, 0.5) is 23.4 Å². The predicted octanol–water partition coefficient (Wildman–Crippen LogP) is 4.50. The summed E-state index contributed by atoms with van der Waals surface area (Å²) in [4.78, 5) is 6.81. The van der Waals surface area contributed by atoms with Gasteiger partial charge in [-0.3, -0.25) is 0 Å². The Kier molecular flexibility index (Phi) is 4.46. The zero-order chi connectivity index (χ0) is 15.6. The van der Waals surface area contributed by atoms with E-state index in [0.29, 0.717) is 6.54 Å². The van der Waals surface area contributed by atoms with E-state index in [2.05, 4.69) is 31.2 Å². The SMILES string of the molecule is CCNc1cc(-c2cccc(Br)c2F)nc(C(F)(F)F)n1. The van der Waals surface area contributed by atoms with Gasteiger partial charge in [-0.05, 0) is 35.0 Å². The molecule has 0 spiro atoms. The summed E-state index contributed by atoms with van der Waals surface area (Å²) in [5, 5.41) is 2.68. The van der Waals surface area contributed by atoms with E-state index in [1.807, 2.05) is 0 Å². The maximum atomic E-state index is 14.0. The summed E-state index contributed by atoms with van der Waals surface area (Å²) in [5.74, 6) is -1.99. The summed E-state index contributed by atoms with van der Waals surface area (Å²) >= 11 is 2.99. The van der Waals surface area contributed by atoms with Crippen molar-refractivity contribution in [2.75, 3.05) is 11.9 Å². The van der Waals surface area contributed by atoms with E-state index in [0.717, 1.165) is 0 Å². The number of halogens is 5. The summed E-state index contributed by atoms with van der Waals surface area (Å²) in [7, 11) is 0. The fraction of sp³-hybridized carbons (Fsp3) is 0.231. The summed E-state index contributed by atoms with van der Waals surface area (Å²) in [6, 6.07) is 5.61. The zero-order valence-electron chi connectivity index (χ0n) is 10.8. The Morgan fingerprint density at radius 1 is 1.24 bits per heavy atom. The van der Waals surface area contributed by atoms with Gasteiger partial charge < -0.3 is 5.32 Å². The molecular weight excluding hydrogens is 354 g/mol. The number of alkyl halides is 3. The van der Waals surface area contributed by atoms with Crippen LogP contribution in [-0.4, -0.2) is 16.5 Å². The number of nitrogens with one attached hydrogen (secondary N) is 1. The number of aromatic nitrogens is 2. The summed E-state index contributed by atoms with van der Waals surface area (Å²) < 4.78 is 52.7. The lowest BCUT2D eigenvalue weighted by Crippen LogP contribution is -2.14. The molecule has 0 saturated carbocycles. The zero-order valence-corrected chi connectivity index (χ0v) is 12.4. The first kappa shape index (κ1) is 15.7. The monoisotopic (exact) mass is 363 g/mol. The molecular formula is C13H10BrF4N3. The van der Waals surface area contributed by atoms with Gasteiger partial charge in [-0.25, -0.2) is 14.4 Å². The van der Waals surface area contributed by atoms with Gasteiger partial charge in [0.05, 0.1) is 10.2 Å². The van der Waals surface area contributed by atoms with Crippen LogP contribution in [0.25, 0.3) is 11.3 Å². The third kappa shape index (κ3) is 3.49. The maximum absolute atomic E-state index is 14.0. The minimum atomic E-state index is -4.71. The molecule has 0 amide bonds. The molecule has 0 radical (unpaired) electrons. The molecule has 0 aliphatic rings. The van der Waals surface area contributed by atoms with Gasteiger partial charge in [-0.1, -0.05) is 6.07 Å². The van der Waals surface area contributed by atoms with Crippen LogP contribution < -0.4 is 5.32 Å². The highest BCUT2D eigenvalue weighted by atomic mass is 79.9. The van der Waals surface area contributed by atoms with Crippen LogP contribution in [0.5, 0.6) is 0 Å². The summed E-state index contributed by atoms with van der Waals surface area (Å²) in [5.41, 5.74) is -0.163. The number of anilines is 1. The number of rotatable bonds is 3. The average molecular weight is 364 g/mol. The molecule has 1 heterocycles. The van der Waals surface area contributed by atoms with Crippen LogP contribution in [0.1, 0.15) is 12.7 Å². The highest BCUT2D eigenvalue weighted by Gasteiger charge is 2.35. The molecule has 0 atom stereocenters. The van der Waals surface area contributed by atoms with Gasteiger partial charge in [0.25, 0.3) is 0 Å². The van der Waals surface area contributed by atoms with E-state index in [-0.39, 0.29) is 21.5 Å². The Morgan fingerprint density at radius 2 is 1.95 bits per heavy atom. The van der Waals surface area contributed by atoms with E-state index in [1.54, 1.807) is 6.92 Å². The molecule has 0 aliphatic heterocycles. The Hall–Kier alpha value is -1.70. The minimum absolute atomic E-state index is 0.00537. The standard InChI is InChI=1S/C13H10BrF4N3/c1-2-19-10-6-9(20-12(21-10)13(16,17)18)7-4-3-5-8(14)11(7)15/h3-6H,2H2,1H3,(H,19,20,21). The first-order valence-corrected chi connectivity index (χ1v) is 6.76. The van der Waals surface area contributed by atoms with E-state index < -0.39 is 17.8 Å². The van der Waals surface area contributed by atoms with Gasteiger partial charge in [0.1, 0.15) is 11.6 Å². The van der Waals surface area contributed by atoms with Crippen molar-refractivity contribution in [2.45, 2.75) is 13.1 Å². The molecule has 0 unspecified atom stereocenters. The number of benzene rings is 1. The highest BCUT2D eigenvalue weighted by Crippen LogP contribution is 2.32. The third-order valence-corrected chi connectivity index (χ3v) is 3.18. The van der Waals surface area contributed by atoms with Crippen molar-refractivity contribution >= 4 is 21.7 Å². The highest BCUT2D eigenvalue weighted by molar-refractivity contribution is 9.10. The molecule has 21 heavy (non-hydrogen) atoms. The molecule has 0 bridgehead atoms.